The van der Waals surface area contributed by atoms with Crippen LogP contribution in [0.25, 0.3) is 11.3 Å². The van der Waals surface area contributed by atoms with Gasteiger partial charge in [0.25, 0.3) is 0 Å². The lowest BCUT2D eigenvalue weighted by Gasteiger charge is -2.49. The van der Waals surface area contributed by atoms with Crippen LogP contribution in [0.15, 0.2) is 61.1 Å². The standard InChI is InChI=1S/C24H27N5O/c1-27-15-21-23(19-8-3-2-4-9-19)26-18-29(21)24(16-27)11-7-13-28(17-24)22(30)14-20-10-5-6-12-25-20/h2-6,8-10,12,18H,7,11,13-17H2,1H3. The van der Waals surface area contributed by atoms with Crippen LogP contribution >= 0.6 is 0 Å². The summed E-state index contributed by atoms with van der Waals surface area (Å²) < 4.78 is 2.37. The Kier molecular flexibility index (Phi) is 4.87. The van der Waals surface area contributed by atoms with Crippen LogP contribution in [0, 0.1) is 0 Å². The number of benzene rings is 1. The highest BCUT2D eigenvalue weighted by Gasteiger charge is 2.43. The van der Waals surface area contributed by atoms with Gasteiger partial charge in [0.05, 0.1) is 29.7 Å². The van der Waals surface area contributed by atoms with Gasteiger partial charge in [0.1, 0.15) is 0 Å². The second-order valence-corrected chi connectivity index (χ2v) is 8.59. The zero-order valence-corrected chi connectivity index (χ0v) is 17.4. The fraction of sp³-hybridized carbons (Fsp3) is 0.375. The number of likely N-dealkylation sites (tertiary alicyclic amines) is 1. The van der Waals surface area contributed by atoms with Gasteiger partial charge >= 0.3 is 0 Å². The first kappa shape index (κ1) is 19.0. The van der Waals surface area contributed by atoms with Gasteiger partial charge < -0.3 is 9.47 Å². The molecule has 1 aromatic carbocycles. The zero-order chi connectivity index (χ0) is 20.6. The van der Waals surface area contributed by atoms with Crippen molar-refractivity contribution in [1.29, 1.82) is 0 Å². The lowest BCUT2D eigenvalue weighted by molar-refractivity contribution is -0.134. The first-order chi connectivity index (χ1) is 14.6. The van der Waals surface area contributed by atoms with Gasteiger partial charge in [-0.05, 0) is 32.0 Å². The van der Waals surface area contributed by atoms with E-state index in [0.717, 1.165) is 56.0 Å². The molecule has 5 rings (SSSR count). The van der Waals surface area contributed by atoms with Crippen LogP contribution in [0.5, 0.6) is 0 Å². The maximum Gasteiger partial charge on any atom is 0.228 e. The summed E-state index contributed by atoms with van der Waals surface area (Å²) in [5, 5.41) is 0. The first-order valence-electron chi connectivity index (χ1n) is 10.6. The van der Waals surface area contributed by atoms with Gasteiger partial charge in [0.15, 0.2) is 0 Å². The molecule has 1 spiro atoms. The number of nitrogens with zero attached hydrogens (tertiary/aromatic N) is 5. The number of fused-ring (bicyclic) bond motifs is 2. The normalized spacial score (nSPS) is 21.6. The Hall–Kier alpha value is -2.99. The van der Waals surface area contributed by atoms with Gasteiger partial charge in [-0.3, -0.25) is 14.7 Å². The Morgan fingerprint density at radius 2 is 1.90 bits per heavy atom. The molecule has 30 heavy (non-hydrogen) atoms. The molecule has 1 atom stereocenters. The van der Waals surface area contributed by atoms with Crippen molar-refractivity contribution in [3.63, 3.8) is 0 Å². The highest BCUT2D eigenvalue weighted by molar-refractivity contribution is 5.78. The minimum absolute atomic E-state index is 0.125. The van der Waals surface area contributed by atoms with Crippen LogP contribution < -0.4 is 0 Å². The summed E-state index contributed by atoms with van der Waals surface area (Å²) in [4.78, 5) is 26.6. The summed E-state index contributed by atoms with van der Waals surface area (Å²) >= 11 is 0. The summed E-state index contributed by atoms with van der Waals surface area (Å²) in [6.45, 7) is 3.33. The van der Waals surface area contributed by atoms with Crippen molar-refractivity contribution in [2.45, 2.75) is 31.3 Å². The third-order valence-electron chi connectivity index (χ3n) is 6.38. The second kappa shape index (κ2) is 7.69. The van der Waals surface area contributed by atoms with Gasteiger partial charge in [0.2, 0.25) is 5.91 Å². The molecule has 1 unspecified atom stereocenters. The highest BCUT2D eigenvalue weighted by Crippen LogP contribution is 2.38. The third kappa shape index (κ3) is 3.41. The molecule has 1 amide bonds. The average molecular weight is 402 g/mol. The van der Waals surface area contributed by atoms with Crippen LogP contribution in [-0.2, 0) is 23.3 Å². The summed E-state index contributed by atoms with van der Waals surface area (Å²) in [6, 6.07) is 16.1. The zero-order valence-electron chi connectivity index (χ0n) is 17.4. The largest absolute Gasteiger partial charge is 0.340 e. The summed E-state index contributed by atoms with van der Waals surface area (Å²) in [5.41, 5.74) is 4.15. The molecule has 6 nitrogen and oxygen atoms in total. The number of hydrogen-bond donors (Lipinski definition) is 0. The maximum atomic E-state index is 13.1. The summed E-state index contributed by atoms with van der Waals surface area (Å²) in [6.07, 6.45) is 6.16. The smallest absolute Gasteiger partial charge is 0.228 e. The van der Waals surface area contributed by atoms with E-state index < -0.39 is 0 Å². The number of pyridine rings is 1. The SMILES string of the molecule is CN1Cc2c(-c3ccccc3)ncn2C2(CCCN(C(=O)Cc3ccccn3)C2)C1. The van der Waals surface area contributed by atoms with E-state index in [1.165, 1.54) is 5.69 Å². The number of aromatic nitrogens is 3. The van der Waals surface area contributed by atoms with E-state index in [4.69, 9.17) is 4.98 Å². The van der Waals surface area contributed by atoms with E-state index in [1.807, 2.05) is 35.5 Å². The van der Waals surface area contributed by atoms with E-state index in [0.29, 0.717) is 6.42 Å². The van der Waals surface area contributed by atoms with Crippen LogP contribution in [0.4, 0.5) is 0 Å². The van der Waals surface area contributed by atoms with Crippen LogP contribution in [-0.4, -0.2) is 56.9 Å². The summed E-state index contributed by atoms with van der Waals surface area (Å²) in [7, 11) is 2.17. The maximum absolute atomic E-state index is 13.1. The Labute approximate surface area is 177 Å². The number of carbonyl (C=O) groups excluding carboxylic acids is 1. The molecular formula is C24H27N5O. The predicted molar refractivity (Wildman–Crippen MR) is 116 cm³/mol. The van der Waals surface area contributed by atoms with Crippen molar-refractivity contribution >= 4 is 5.91 Å². The van der Waals surface area contributed by atoms with Gasteiger partial charge in [-0.2, -0.15) is 0 Å². The number of hydrogen-bond acceptors (Lipinski definition) is 4. The van der Waals surface area contributed by atoms with Crippen LogP contribution in [0.1, 0.15) is 24.2 Å². The van der Waals surface area contributed by atoms with Gasteiger partial charge in [-0.15, -0.1) is 0 Å². The number of piperidine rings is 1. The van der Waals surface area contributed by atoms with E-state index in [9.17, 15) is 4.79 Å². The molecule has 6 heteroatoms. The first-order valence-corrected chi connectivity index (χ1v) is 10.6. The molecule has 0 aliphatic carbocycles. The average Bonchev–Trinajstić information content (AvgIpc) is 3.20. The topological polar surface area (TPSA) is 54.3 Å². The molecule has 1 saturated heterocycles. The van der Waals surface area contributed by atoms with Gasteiger partial charge in [-0.1, -0.05) is 36.4 Å². The second-order valence-electron chi connectivity index (χ2n) is 8.59. The molecule has 4 heterocycles. The van der Waals surface area contributed by atoms with Crippen LogP contribution in [0.3, 0.4) is 0 Å². The molecule has 154 valence electrons. The Morgan fingerprint density at radius 3 is 2.70 bits per heavy atom. The quantitative estimate of drug-likeness (QED) is 0.677. The van der Waals surface area contributed by atoms with E-state index in [-0.39, 0.29) is 11.4 Å². The lowest BCUT2D eigenvalue weighted by atomic mass is 9.85. The monoisotopic (exact) mass is 401 g/mol. The molecule has 3 aromatic rings. The van der Waals surface area contributed by atoms with Crippen molar-refractivity contribution in [2.24, 2.45) is 0 Å². The molecule has 0 bridgehead atoms. The third-order valence-corrected chi connectivity index (χ3v) is 6.38. The highest BCUT2D eigenvalue weighted by atomic mass is 16.2. The van der Waals surface area contributed by atoms with E-state index >= 15 is 0 Å². The molecular weight excluding hydrogens is 374 g/mol. The number of carbonyl (C=O) groups is 1. The molecule has 2 aromatic heterocycles. The molecule has 0 N–H and O–H groups in total. The van der Waals surface area contributed by atoms with Gasteiger partial charge in [-0.25, -0.2) is 4.98 Å². The van der Waals surface area contributed by atoms with E-state index in [1.54, 1.807) is 6.20 Å². The molecule has 2 aliphatic heterocycles. The van der Waals surface area contributed by atoms with Crippen molar-refractivity contribution < 1.29 is 4.79 Å². The Morgan fingerprint density at radius 1 is 1.07 bits per heavy atom. The minimum atomic E-state index is -0.125. The van der Waals surface area contributed by atoms with Crippen LogP contribution in [0.2, 0.25) is 0 Å². The molecule has 0 saturated carbocycles. The molecule has 2 aliphatic rings. The molecule has 0 radical (unpaired) electrons. The van der Waals surface area contributed by atoms with E-state index in [2.05, 4.69) is 45.8 Å². The minimum Gasteiger partial charge on any atom is -0.340 e. The van der Waals surface area contributed by atoms with Crippen molar-refractivity contribution in [2.75, 3.05) is 26.7 Å². The number of rotatable bonds is 3. The number of imidazole rings is 1. The number of likely N-dealkylation sites (N-methyl/N-ethyl adjacent to an activating group) is 1. The molecule has 1 fully saturated rings. The fourth-order valence-electron chi connectivity index (χ4n) is 5.08. The number of amides is 1. The van der Waals surface area contributed by atoms with Crippen molar-refractivity contribution in [1.82, 2.24) is 24.3 Å². The van der Waals surface area contributed by atoms with Gasteiger partial charge in [0, 0.05) is 43.6 Å². The fourth-order valence-corrected chi connectivity index (χ4v) is 5.08. The summed E-state index contributed by atoms with van der Waals surface area (Å²) in [5.74, 6) is 0.158. The van der Waals surface area contributed by atoms with Crippen molar-refractivity contribution in [3.8, 4) is 11.3 Å². The van der Waals surface area contributed by atoms with Crippen molar-refractivity contribution in [3.05, 3.63) is 72.4 Å². The Balaban J connectivity index is 1.45. The predicted octanol–water partition coefficient (Wildman–Crippen LogP) is 2.95. The Bertz CT molecular complexity index is 1030. The lowest BCUT2D eigenvalue weighted by Crippen LogP contribution is -2.58.